The molecule has 5 heteroatoms. The summed E-state index contributed by atoms with van der Waals surface area (Å²) in [7, 11) is 1.35. The second-order valence-corrected chi connectivity index (χ2v) is 5.93. The molecule has 0 aliphatic heterocycles. The summed E-state index contributed by atoms with van der Waals surface area (Å²) in [6.45, 7) is 6.19. The molecule has 0 bridgehead atoms. The molecule has 22 heavy (non-hydrogen) atoms. The zero-order chi connectivity index (χ0) is 16.7. The lowest BCUT2D eigenvalue weighted by molar-refractivity contribution is -0.146. The minimum Gasteiger partial charge on any atom is -0.469 e. The maximum absolute atomic E-state index is 12.3. The molecule has 0 aromatic heterocycles. The molecule has 0 radical (unpaired) electrons. The van der Waals surface area contributed by atoms with Crippen molar-refractivity contribution in [1.82, 2.24) is 4.90 Å². The van der Waals surface area contributed by atoms with Crippen LogP contribution in [0.15, 0.2) is 35.9 Å². The Kier molecular flexibility index (Phi) is 7.12. The first kappa shape index (κ1) is 18.2. The molecule has 1 amide bonds. The summed E-state index contributed by atoms with van der Waals surface area (Å²) in [5.74, 6) is -0.830. The van der Waals surface area contributed by atoms with Crippen LogP contribution in [0.4, 0.5) is 0 Å². The molecule has 1 rings (SSSR count). The molecular weight excluding hydrogens is 302 g/mol. The number of hydrogen-bond donors (Lipinski definition) is 0. The molecule has 1 unspecified atom stereocenters. The van der Waals surface area contributed by atoms with Crippen LogP contribution in [0.3, 0.4) is 0 Å². The smallest absolute Gasteiger partial charge is 0.310 e. The van der Waals surface area contributed by atoms with E-state index in [-0.39, 0.29) is 17.8 Å². The normalized spacial score (nSPS) is 11.5. The summed E-state index contributed by atoms with van der Waals surface area (Å²) in [6, 6.07) is 7.30. The number of carbonyl (C=O) groups excluding carboxylic acids is 2. The Morgan fingerprint density at radius 1 is 1.27 bits per heavy atom. The highest BCUT2D eigenvalue weighted by Crippen LogP contribution is 2.14. The molecule has 0 heterocycles. The molecule has 120 valence electrons. The molecule has 1 aromatic rings. The molecule has 0 N–H and O–H groups in total. The standard InChI is InChI=1S/C17H22ClNO3/c1-12(2)9-16(20)19(10-13(3)17(21)22-4)11-14-5-7-15(18)8-6-14/h5-9,13H,10-11H2,1-4H3. The largest absolute Gasteiger partial charge is 0.469 e. The predicted molar refractivity (Wildman–Crippen MR) is 87.5 cm³/mol. The number of rotatable bonds is 6. The fourth-order valence-electron chi connectivity index (χ4n) is 1.99. The number of nitrogens with zero attached hydrogens (tertiary/aromatic N) is 1. The van der Waals surface area contributed by atoms with Crippen molar-refractivity contribution in [2.24, 2.45) is 5.92 Å². The molecule has 4 nitrogen and oxygen atoms in total. The third-order valence-electron chi connectivity index (χ3n) is 3.11. The van der Waals surface area contributed by atoms with Crippen LogP contribution in [0, 0.1) is 5.92 Å². The van der Waals surface area contributed by atoms with Crippen LogP contribution < -0.4 is 0 Å². The number of ether oxygens (including phenoxy) is 1. The van der Waals surface area contributed by atoms with Gasteiger partial charge in [0.05, 0.1) is 13.0 Å². The number of benzene rings is 1. The Labute approximate surface area is 136 Å². The average molecular weight is 324 g/mol. The van der Waals surface area contributed by atoms with E-state index in [4.69, 9.17) is 16.3 Å². The lowest BCUT2D eigenvalue weighted by Gasteiger charge is -2.24. The summed E-state index contributed by atoms with van der Waals surface area (Å²) in [4.78, 5) is 25.6. The third-order valence-corrected chi connectivity index (χ3v) is 3.36. The van der Waals surface area contributed by atoms with Crippen LogP contribution in [0.5, 0.6) is 0 Å². The molecule has 1 aromatic carbocycles. The van der Waals surface area contributed by atoms with Crippen LogP contribution in [0.2, 0.25) is 5.02 Å². The van der Waals surface area contributed by atoms with Gasteiger partial charge < -0.3 is 9.64 Å². The van der Waals surface area contributed by atoms with Gasteiger partial charge in [-0.25, -0.2) is 0 Å². The molecule has 1 atom stereocenters. The number of hydrogen-bond acceptors (Lipinski definition) is 3. The number of carbonyl (C=O) groups is 2. The van der Waals surface area contributed by atoms with Crippen LogP contribution in [-0.2, 0) is 20.9 Å². The van der Waals surface area contributed by atoms with Crippen molar-refractivity contribution in [2.75, 3.05) is 13.7 Å². The Hall–Kier alpha value is -1.81. The molecule has 0 spiro atoms. The van der Waals surface area contributed by atoms with E-state index >= 15 is 0 Å². The van der Waals surface area contributed by atoms with Crippen molar-refractivity contribution < 1.29 is 14.3 Å². The fourth-order valence-corrected chi connectivity index (χ4v) is 2.11. The third kappa shape index (κ3) is 5.90. The monoisotopic (exact) mass is 323 g/mol. The van der Waals surface area contributed by atoms with Crippen molar-refractivity contribution in [3.63, 3.8) is 0 Å². The van der Waals surface area contributed by atoms with E-state index in [1.54, 1.807) is 30.0 Å². The van der Waals surface area contributed by atoms with Gasteiger partial charge in [0, 0.05) is 24.2 Å². The van der Waals surface area contributed by atoms with Gasteiger partial charge in [-0.3, -0.25) is 9.59 Å². The van der Waals surface area contributed by atoms with E-state index in [0.29, 0.717) is 18.1 Å². The SMILES string of the molecule is COC(=O)C(C)CN(Cc1ccc(Cl)cc1)C(=O)C=C(C)C. The van der Waals surface area contributed by atoms with Gasteiger partial charge in [0.2, 0.25) is 5.91 Å². The summed E-state index contributed by atoms with van der Waals surface area (Å²) in [5.41, 5.74) is 1.87. The number of methoxy groups -OCH3 is 1. The van der Waals surface area contributed by atoms with Gasteiger partial charge in [-0.15, -0.1) is 0 Å². The van der Waals surface area contributed by atoms with Gasteiger partial charge in [0.25, 0.3) is 0 Å². The number of allylic oxidation sites excluding steroid dienone is 1. The van der Waals surface area contributed by atoms with E-state index < -0.39 is 0 Å². The van der Waals surface area contributed by atoms with Gasteiger partial charge in [0.15, 0.2) is 0 Å². The van der Waals surface area contributed by atoms with E-state index in [1.165, 1.54) is 7.11 Å². The summed E-state index contributed by atoms with van der Waals surface area (Å²) in [6.07, 6.45) is 1.57. The van der Waals surface area contributed by atoms with Crippen molar-refractivity contribution in [2.45, 2.75) is 27.3 Å². The first-order chi connectivity index (χ1) is 10.3. The van der Waals surface area contributed by atoms with E-state index in [0.717, 1.165) is 11.1 Å². The zero-order valence-corrected chi connectivity index (χ0v) is 14.2. The molecule has 0 fully saturated rings. The summed E-state index contributed by atoms with van der Waals surface area (Å²) < 4.78 is 4.73. The topological polar surface area (TPSA) is 46.6 Å². The van der Waals surface area contributed by atoms with E-state index in [2.05, 4.69) is 0 Å². The maximum Gasteiger partial charge on any atom is 0.310 e. The lowest BCUT2D eigenvalue weighted by Crippen LogP contribution is -2.36. The molecule has 0 saturated heterocycles. The maximum atomic E-state index is 12.3. The van der Waals surface area contributed by atoms with Gasteiger partial charge in [0.1, 0.15) is 0 Å². The second-order valence-electron chi connectivity index (χ2n) is 5.49. The molecular formula is C17H22ClNO3. The highest BCUT2D eigenvalue weighted by Gasteiger charge is 2.20. The number of esters is 1. The van der Waals surface area contributed by atoms with Gasteiger partial charge >= 0.3 is 5.97 Å². The van der Waals surface area contributed by atoms with Crippen LogP contribution in [-0.4, -0.2) is 30.4 Å². The van der Waals surface area contributed by atoms with Crippen molar-refractivity contribution in [1.29, 1.82) is 0 Å². The van der Waals surface area contributed by atoms with Crippen molar-refractivity contribution in [3.8, 4) is 0 Å². The van der Waals surface area contributed by atoms with Crippen molar-refractivity contribution in [3.05, 3.63) is 46.5 Å². The quantitative estimate of drug-likeness (QED) is 0.595. The van der Waals surface area contributed by atoms with Gasteiger partial charge in [-0.2, -0.15) is 0 Å². The van der Waals surface area contributed by atoms with Crippen molar-refractivity contribution >= 4 is 23.5 Å². The number of halogens is 1. The van der Waals surface area contributed by atoms with Crippen LogP contribution >= 0.6 is 11.6 Å². The minimum absolute atomic E-state index is 0.120. The molecule has 0 saturated carbocycles. The fraction of sp³-hybridized carbons (Fsp3) is 0.412. The van der Waals surface area contributed by atoms with Gasteiger partial charge in [-0.1, -0.05) is 36.2 Å². The highest BCUT2D eigenvalue weighted by atomic mass is 35.5. The first-order valence-electron chi connectivity index (χ1n) is 7.09. The van der Waals surface area contributed by atoms with Gasteiger partial charge in [-0.05, 0) is 31.5 Å². The van der Waals surface area contributed by atoms with Crippen LogP contribution in [0.25, 0.3) is 0 Å². The highest BCUT2D eigenvalue weighted by molar-refractivity contribution is 6.30. The second kappa shape index (κ2) is 8.59. The number of amides is 1. The lowest BCUT2D eigenvalue weighted by atomic mass is 10.1. The minimum atomic E-state index is -0.383. The Bertz CT molecular complexity index is 548. The zero-order valence-electron chi connectivity index (χ0n) is 13.4. The van der Waals surface area contributed by atoms with E-state index in [9.17, 15) is 9.59 Å². The molecule has 0 aliphatic rings. The summed E-state index contributed by atoms with van der Waals surface area (Å²) >= 11 is 5.87. The first-order valence-corrected chi connectivity index (χ1v) is 7.47. The Morgan fingerprint density at radius 2 is 1.86 bits per heavy atom. The Morgan fingerprint density at radius 3 is 2.36 bits per heavy atom. The van der Waals surface area contributed by atoms with E-state index in [1.807, 2.05) is 26.0 Å². The average Bonchev–Trinajstić information content (AvgIpc) is 2.47. The molecule has 0 aliphatic carbocycles. The summed E-state index contributed by atoms with van der Waals surface area (Å²) in [5, 5.41) is 0.647. The Balaban J connectivity index is 2.90. The van der Waals surface area contributed by atoms with Crippen LogP contribution in [0.1, 0.15) is 26.3 Å². The predicted octanol–water partition coefficient (Wildman–Crippen LogP) is 3.44.